The summed E-state index contributed by atoms with van der Waals surface area (Å²) in [5.41, 5.74) is 4.56. The highest BCUT2D eigenvalue weighted by atomic mass is 16.2. The second-order valence-corrected chi connectivity index (χ2v) is 23.9. The van der Waals surface area contributed by atoms with Gasteiger partial charge in [-0.05, 0) is 165 Å². The number of nitrogens with one attached hydrogen (secondary N) is 8. The number of likely N-dealkylation sites (N-methyl/N-ethyl adjacent to an activating group) is 2. The third-order valence-corrected chi connectivity index (χ3v) is 18.5. The van der Waals surface area contributed by atoms with Gasteiger partial charge in [-0.3, -0.25) is 38.4 Å². The predicted molar refractivity (Wildman–Crippen MR) is 314 cm³/mol. The molecule has 20 heteroatoms. The molecule has 2 aromatic rings. The zero-order valence-electron chi connectivity index (χ0n) is 49.2. The molecular formula is C62H94N12O8. The minimum atomic E-state index is -0.929. The molecule has 0 radical (unpaired) electrons. The summed E-state index contributed by atoms with van der Waals surface area (Å²) in [7, 11) is 3.40. The minimum Gasteiger partial charge on any atom is -0.347 e. The molecule has 4 aliphatic heterocycles. The predicted octanol–water partition coefficient (Wildman–Crippen LogP) is 2.76. The Kier molecular flexibility index (Phi) is 23.1. The Morgan fingerprint density at radius 2 is 0.890 bits per heavy atom. The fourth-order valence-electron chi connectivity index (χ4n) is 13.2. The van der Waals surface area contributed by atoms with Crippen molar-refractivity contribution in [3.63, 3.8) is 0 Å². The molecule has 82 heavy (non-hydrogen) atoms. The van der Waals surface area contributed by atoms with Crippen molar-refractivity contribution in [2.24, 2.45) is 11.8 Å². The molecule has 20 nitrogen and oxygen atoms in total. The van der Waals surface area contributed by atoms with E-state index in [0.717, 1.165) is 102 Å². The zero-order valence-corrected chi connectivity index (χ0v) is 49.2. The second-order valence-electron chi connectivity index (χ2n) is 23.9. The fraction of sp³-hybridized carbons (Fsp3) is 0.677. The third-order valence-electron chi connectivity index (χ3n) is 18.5. The molecule has 8 atom stereocenters. The van der Waals surface area contributed by atoms with E-state index in [0.29, 0.717) is 51.4 Å². The van der Waals surface area contributed by atoms with Crippen LogP contribution >= 0.6 is 0 Å². The van der Waals surface area contributed by atoms with Gasteiger partial charge < -0.3 is 62.1 Å². The van der Waals surface area contributed by atoms with Crippen LogP contribution in [-0.2, 0) is 51.2 Å². The lowest BCUT2D eigenvalue weighted by molar-refractivity contribution is -0.151. The average molecular weight is 1140 g/mol. The van der Waals surface area contributed by atoms with Gasteiger partial charge in [0.2, 0.25) is 47.3 Å². The Morgan fingerprint density at radius 1 is 0.512 bits per heavy atom. The number of aryl methyl sites for hydroxylation is 2. The van der Waals surface area contributed by atoms with Crippen LogP contribution in [0, 0.1) is 11.8 Å². The summed E-state index contributed by atoms with van der Waals surface area (Å²) >= 11 is 0. The molecule has 4 heterocycles. The van der Waals surface area contributed by atoms with Gasteiger partial charge in [0.05, 0.1) is 37.3 Å². The molecule has 8 rings (SSSR count). The molecule has 4 fully saturated rings. The Bertz CT molecular complexity index is 2350. The number of amides is 8. The fourth-order valence-corrected chi connectivity index (χ4v) is 13.2. The number of hydrogen-bond acceptors (Lipinski definition) is 12. The van der Waals surface area contributed by atoms with Crippen molar-refractivity contribution in [3.05, 3.63) is 70.8 Å². The number of rotatable bonds is 23. The molecule has 0 bridgehead atoms. The largest absolute Gasteiger partial charge is 0.347 e. The third kappa shape index (κ3) is 16.0. The van der Waals surface area contributed by atoms with Crippen molar-refractivity contribution < 1.29 is 38.4 Å². The number of unbranched alkanes of at least 4 members (excludes halogenated alkanes) is 5. The standard InChI is InChI=1S/C62H94N12O8/c1-41(63-3)57(77)69-55(45-27-31-65-32-28-45)61(81)73-37-35-71(39-51(73)59(79)67-49-23-15-19-43-17-11-13-21-47(43)49)53(75)25-9-7-5-6-8-10-26-54(76)72-36-38-74(62(82)56(46-29-33-66-34-30-46)70-58(78)42(2)64-4)52(40-72)60(80)68-50-24-16-20-44-18-12-14-22-48(44)50/h11-14,17-18,21-22,41-42,45-46,49-52,55-56,63-66H,5-10,15-16,19-20,23-40H2,1-4H3,(H,67,79)(H,68,80)(H,69,77)(H,70,78)/t41-,42-,49+,50+,51-,52-,55-,56-/m0/s1. The van der Waals surface area contributed by atoms with Crippen LogP contribution in [-0.4, -0.2) is 183 Å². The molecular weight excluding hydrogens is 1040 g/mol. The number of piperidine rings is 2. The van der Waals surface area contributed by atoms with Gasteiger partial charge >= 0.3 is 0 Å². The van der Waals surface area contributed by atoms with Gasteiger partial charge in [0.25, 0.3) is 0 Å². The van der Waals surface area contributed by atoms with Gasteiger partial charge in [-0.25, -0.2) is 0 Å². The van der Waals surface area contributed by atoms with E-state index < -0.39 is 36.3 Å². The Hall–Kier alpha value is -5.96. The molecule has 0 spiro atoms. The van der Waals surface area contributed by atoms with E-state index in [-0.39, 0.29) is 110 Å². The Morgan fingerprint density at radius 3 is 1.28 bits per heavy atom. The Balaban J connectivity index is 0.839. The summed E-state index contributed by atoms with van der Waals surface area (Å²) in [4.78, 5) is 120. The quantitative estimate of drug-likeness (QED) is 0.0750. The molecule has 6 aliphatic rings. The van der Waals surface area contributed by atoms with Gasteiger partial charge in [-0.15, -0.1) is 0 Å². The molecule has 0 saturated carbocycles. The van der Waals surface area contributed by atoms with Crippen LogP contribution in [0.15, 0.2) is 48.5 Å². The molecule has 2 aliphatic carbocycles. The second kappa shape index (κ2) is 30.5. The average Bonchev–Trinajstić information content (AvgIpc) is 3.70. The summed E-state index contributed by atoms with van der Waals surface area (Å²) in [6, 6.07) is 11.4. The van der Waals surface area contributed by atoms with E-state index in [1.54, 1.807) is 47.5 Å². The first kappa shape index (κ1) is 62.1. The van der Waals surface area contributed by atoms with Crippen LogP contribution in [0.5, 0.6) is 0 Å². The van der Waals surface area contributed by atoms with Gasteiger partial charge in [-0.2, -0.15) is 0 Å². The van der Waals surface area contributed by atoms with Gasteiger partial charge in [0, 0.05) is 39.0 Å². The minimum absolute atomic E-state index is 0.0585. The highest BCUT2D eigenvalue weighted by Gasteiger charge is 2.45. The summed E-state index contributed by atoms with van der Waals surface area (Å²) in [5, 5.41) is 25.3. The van der Waals surface area contributed by atoms with E-state index in [1.165, 1.54) is 11.1 Å². The summed E-state index contributed by atoms with van der Waals surface area (Å²) < 4.78 is 0. The van der Waals surface area contributed by atoms with E-state index in [9.17, 15) is 38.4 Å². The molecule has 8 amide bonds. The smallest absolute Gasteiger partial charge is 0.246 e. The molecule has 2 aromatic carbocycles. The van der Waals surface area contributed by atoms with Crippen LogP contribution in [0.25, 0.3) is 0 Å². The maximum absolute atomic E-state index is 14.8. The molecule has 450 valence electrons. The SMILES string of the molecule is CN[C@@H](C)C(=O)N[C@H](C(=O)N1CCN(C(=O)CCCCCCCCC(=O)N2CCN(C(=O)[C@@H](NC(=O)[C@H](C)NC)C3CCNCC3)[C@H](C(=O)N[C@@H]3CCCc4ccccc43)C2)C[C@H]1C(=O)N[C@@H]1CCCc2ccccc21)C1CCNCC1. The summed E-state index contributed by atoms with van der Waals surface area (Å²) in [6.45, 7) is 7.46. The Labute approximate surface area is 485 Å². The molecule has 4 saturated heterocycles. The highest BCUT2D eigenvalue weighted by molar-refractivity contribution is 5.95. The van der Waals surface area contributed by atoms with Crippen LogP contribution in [0.2, 0.25) is 0 Å². The van der Waals surface area contributed by atoms with Crippen LogP contribution < -0.4 is 42.5 Å². The first-order chi connectivity index (χ1) is 39.8. The lowest BCUT2D eigenvalue weighted by Gasteiger charge is -2.44. The maximum Gasteiger partial charge on any atom is 0.246 e. The van der Waals surface area contributed by atoms with Gasteiger partial charge in [0.1, 0.15) is 24.2 Å². The number of benzene rings is 2. The first-order valence-corrected chi connectivity index (χ1v) is 31.1. The van der Waals surface area contributed by atoms with Crippen LogP contribution in [0.1, 0.15) is 151 Å². The number of piperazine rings is 2. The molecule has 0 unspecified atom stereocenters. The number of carbonyl (C=O) groups excluding carboxylic acids is 8. The number of hydrogen-bond donors (Lipinski definition) is 8. The van der Waals surface area contributed by atoms with E-state index in [2.05, 4.69) is 66.8 Å². The summed E-state index contributed by atoms with van der Waals surface area (Å²) in [5.74, 6) is -2.06. The summed E-state index contributed by atoms with van der Waals surface area (Å²) in [6.07, 6.45) is 13.4. The van der Waals surface area contributed by atoms with Crippen molar-refractivity contribution in [1.82, 2.24) is 62.1 Å². The van der Waals surface area contributed by atoms with E-state index >= 15 is 0 Å². The highest BCUT2D eigenvalue weighted by Crippen LogP contribution is 2.32. The van der Waals surface area contributed by atoms with Crippen molar-refractivity contribution in [3.8, 4) is 0 Å². The topological polar surface area (TPSA) is 246 Å². The van der Waals surface area contributed by atoms with Gasteiger partial charge in [-0.1, -0.05) is 74.2 Å². The number of nitrogens with zero attached hydrogens (tertiary/aromatic N) is 4. The van der Waals surface area contributed by atoms with Crippen LogP contribution in [0.4, 0.5) is 0 Å². The van der Waals surface area contributed by atoms with E-state index in [4.69, 9.17) is 0 Å². The lowest BCUT2D eigenvalue weighted by atomic mass is 9.87. The number of fused-ring (bicyclic) bond motifs is 2. The lowest BCUT2D eigenvalue weighted by Crippen LogP contribution is -2.66. The van der Waals surface area contributed by atoms with Crippen molar-refractivity contribution >= 4 is 47.3 Å². The first-order valence-electron chi connectivity index (χ1n) is 31.1. The van der Waals surface area contributed by atoms with Crippen LogP contribution in [0.3, 0.4) is 0 Å². The van der Waals surface area contributed by atoms with Gasteiger partial charge in [0.15, 0.2) is 0 Å². The van der Waals surface area contributed by atoms with Crippen molar-refractivity contribution in [2.75, 3.05) is 79.5 Å². The maximum atomic E-state index is 14.8. The molecule has 8 N–H and O–H groups in total. The molecule has 0 aromatic heterocycles. The normalized spacial score (nSPS) is 23.0. The van der Waals surface area contributed by atoms with Crippen molar-refractivity contribution in [2.45, 2.75) is 178 Å². The van der Waals surface area contributed by atoms with Crippen molar-refractivity contribution in [1.29, 1.82) is 0 Å². The van der Waals surface area contributed by atoms with E-state index in [1.807, 2.05) is 24.3 Å². The zero-order chi connectivity index (χ0) is 58.1. The number of carbonyl (C=O) groups is 8. The monoisotopic (exact) mass is 1130 g/mol.